The van der Waals surface area contributed by atoms with Crippen molar-refractivity contribution in [1.82, 2.24) is 9.80 Å². The molecule has 0 bridgehead atoms. The number of rotatable bonds is 8. The number of ether oxygens (including phenoxy) is 1. The van der Waals surface area contributed by atoms with Crippen molar-refractivity contribution in [2.24, 2.45) is 0 Å². The van der Waals surface area contributed by atoms with Crippen LogP contribution in [0.1, 0.15) is 55.1 Å². The highest BCUT2D eigenvalue weighted by Gasteiger charge is 2.52. The van der Waals surface area contributed by atoms with E-state index in [1.54, 1.807) is 21.9 Å². The molecule has 1 aliphatic heterocycles. The second-order valence-corrected chi connectivity index (χ2v) is 10.4. The Bertz CT molecular complexity index is 1240. The highest BCUT2D eigenvalue weighted by Crippen LogP contribution is 2.38. The highest BCUT2D eigenvalue weighted by molar-refractivity contribution is 7.17. The summed E-state index contributed by atoms with van der Waals surface area (Å²) in [7, 11) is 1.36. The van der Waals surface area contributed by atoms with Crippen LogP contribution in [0.15, 0.2) is 53.9 Å². The molecular weight excluding hydrogens is 484 g/mol. The summed E-state index contributed by atoms with van der Waals surface area (Å²) < 4.78 is 5.81. The number of halogens is 1. The van der Waals surface area contributed by atoms with Gasteiger partial charge in [0.15, 0.2) is 0 Å². The summed E-state index contributed by atoms with van der Waals surface area (Å²) in [5.41, 5.74) is 0.615. The van der Waals surface area contributed by atoms with Gasteiger partial charge in [-0.1, -0.05) is 41.9 Å². The second kappa shape index (κ2) is 10.4. The van der Waals surface area contributed by atoms with Crippen molar-refractivity contribution in [3.8, 4) is 0 Å². The smallest absolute Gasteiger partial charge is 0.305 e. The first-order valence-corrected chi connectivity index (χ1v) is 12.9. The Balaban J connectivity index is 1.59. The summed E-state index contributed by atoms with van der Waals surface area (Å²) in [6.07, 6.45) is 1.27. The molecule has 0 aliphatic carbocycles. The lowest BCUT2D eigenvalue weighted by molar-refractivity contribution is -0.152. The first-order chi connectivity index (χ1) is 16.8. The SMILES string of the molecule is COC(=O)CCCN(C(=O)[C@@]1(C)CCN1C(=O)c1csc2ccccc12)[C@@H](C)c1ccc(Cl)cc1. The maximum atomic E-state index is 14.0. The molecule has 0 radical (unpaired) electrons. The Morgan fingerprint density at radius 2 is 1.89 bits per heavy atom. The molecule has 0 spiro atoms. The fourth-order valence-electron chi connectivity index (χ4n) is 4.59. The summed E-state index contributed by atoms with van der Waals surface area (Å²) in [4.78, 5) is 42.7. The first kappa shape index (κ1) is 25.2. The van der Waals surface area contributed by atoms with Crippen LogP contribution in [-0.4, -0.2) is 53.3 Å². The van der Waals surface area contributed by atoms with Gasteiger partial charge in [-0.2, -0.15) is 0 Å². The normalized spacial score (nSPS) is 18.1. The highest BCUT2D eigenvalue weighted by atomic mass is 35.5. The number of hydrogen-bond acceptors (Lipinski definition) is 5. The molecule has 0 N–H and O–H groups in total. The van der Waals surface area contributed by atoms with Crippen molar-refractivity contribution in [2.45, 2.75) is 44.7 Å². The van der Waals surface area contributed by atoms with E-state index in [-0.39, 0.29) is 30.2 Å². The van der Waals surface area contributed by atoms with Crippen LogP contribution in [0.25, 0.3) is 10.1 Å². The van der Waals surface area contributed by atoms with Gasteiger partial charge < -0.3 is 14.5 Å². The first-order valence-electron chi connectivity index (χ1n) is 11.7. The third-order valence-electron chi connectivity index (χ3n) is 6.92. The van der Waals surface area contributed by atoms with Crippen LogP contribution in [0.4, 0.5) is 0 Å². The van der Waals surface area contributed by atoms with E-state index < -0.39 is 5.54 Å². The van der Waals surface area contributed by atoms with Crippen LogP contribution in [0, 0.1) is 0 Å². The Kier molecular flexibility index (Phi) is 7.47. The Morgan fingerprint density at radius 1 is 1.17 bits per heavy atom. The summed E-state index contributed by atoms with van der Waals surface area (Å²) in [6.45, 7) is 4.69. The predicted molar refractivity (Wildman–Crippen MR) is 139 cm³/mol. The van der Waals surface area contributed by atoms with E-state index in [0.717, 1.165) is 15.6 Å². The lowest BCUT2D eigenvalue weighted by Gasteiger charge is -2.51. The third kappa shape index (κ3) is 4.93. The van der Waals surface area contributed by atoms with Crippen molar-refractivity contribution in [3.63, 3.8) is 0 Å². The lowest BCUT2D eigenvalue weighted by Crippen LogP contribution is -2.68. The molecule has 35 heavy (non-hydrogen) atoms. The number of thiophene rings is 1. The van der Waals surface area contributed by atoms with Crippen molar-refractivity contribution in [2.75, 3.05) is 20.2 Å². The fourth-order valence-corrected chi connectivity index (χ4v) is 5.65. The minimum atomic E-state index is -0.952. The van der Waals surface area contributed by atoms with Gasteiger partial charge in [0.2, 0.25) is 5.91 Å². The molecule has 0 unspecified atom stereocenters. The van der Waals surface area contributed by atoms with E-state index in [2.05, 4.69) is 0 Å². The van der Waals surface area contributed by atoms with Crippen LogP contribution >= 0.6 is 22.9 Å². The van der Waals surface area contributed by atoms with Crippen LogP contribution in [0.5, 0.6) is 0 Å². The zero-order valence-corrected chi connectivity index (χ0v) is 21.7. The molecule has 2 atom stereocenters. The molecule has 1 saturated heterocycles. The summed E-state index contributed by atoms with van der Waals surface area (Å²) in [5.74, 6) is -0.560. The molecule has 4 rings (SSSR count). The van der Waals surface area contributed by atoms with Gasteiger partial charge in [0.25, 0.3) is 5.91 Å². The second-order valence-electron chi connectivity index (χ2n) is 9.03. The van der Waals surface area contributed by atoms with Crippen LogP contribution in [0.2, 0.25) is 5.02 Å². The summed E-state index contributed by atoms with van der Waals surface area (Å²) >= 11 is 7.60. The van der Waals surface area contributed by atoms with Gasteiger partial charge in [0.1, 0.15) is 5.54 Å². The van der Waals surface area contributed by atoms with Crippen LogP contribution in [-0.2, 0) is 14.3 Å². The van der Waals surface area contributed by atoms with Crippen LogP contribution < -0.4 is 0 Å². The van der Waals surface area contributed by atoms with Gasteiger partial charge in [-0.15, -0.1) is 11.3 Å². The average molecular weight is 513 g/mol. The van der Waals surface area contributed by atoms with E-state index in [0.29, 0.717) is 36.5 Å². The molecule has 1 aromatic heterocycles. The van der Waals surface area contributed by atoms with Crippen molar-refractivity contribution in [1.29, 1.82) is 0 Å². The molecule has 1 aliphatic rings. The number of likely N-dealkylation sites (tertiary alicyclic amines) is 1. The van der Waals surface area contributed by atoms with Crippen molar-refractivity contribution >= 4 is 50.8 Å². The molecule has 8 heteroatoms. The number of carbonyl (C=O) groups excluding carboxylic acids is 3. The van der Waals surface area contributed by atoms with Gasteiger partial charge in [-0.25, -0.2) is 0 Å². The standard InChI is InChI=1S/C27H29ClN2O4S/c1-18(19-10-12-20(28)13-11-19)29(15-6-9-24(31)34-3)26(33)27(2)14-16-30(27)25(32)22-17-35-23-8-5-4-7-21(22)23/h4-5,7-8,10-13,17-18H,6,9,14-16H2,1-3H3/t18-,27+/m0/s1. The quantitative estimate of drug-likeness (QED) is 0.363. The van der Waals surface area contributed by atoms with Crippen LogP contribution in [0.3, 0.4) is 0 Å². The van der Waals surface area contributed by atoms with E-state index in [1.165, 1.54) is 18.4 Å². The third-order valence-corrected chi connectivity index (χ3v) is 8.14. The number of methoxy groups -OCH3 is 1. The largest absolute Gasteiger partial charge is 0.469 e. The van der Waals surface area contributed by atoms with Gasteiger partial charge in [-0.3, -0.25) is 14.4 Å². The van der Waals surface area contributed by atoms with E-state index in [4.69, 9.17) is 16.3 Å². The Hall–Kier alpha value is -2.90. The van der Waals surface area contributed by atoms with Crippen molar-refractivity contribution < 1.29 is 19.1 Å². The zero-order chi connectivity index (χ0) is 25.2. The lowest BCUT2D eigenvalue weighted by atomic mass is 9.83. The monoisotopic (exact) mass is 512 g/mol. The molecule has 2 amide bonds. The zero-order valence-electron chi connectivity index (χ0n) is 20.1. The molecule has 1 fully saturated rings. The maximum Gasteiger partial charge on any atom is 0.305 e. The average Bonchev–Trinajstić information content (AvgIpc) is 3.29. The molecule has 184 valence electrons. The molecule has 0 saturated carbocycles. The Labute approximate surface area is 214 Å². The number of amides is 2. The number of carbonyl (C=O) groups is 3. The molecule has 2 heterocycles. The molecule has 6 nitrogen and oxygen atoms in total. The van der Waals surface area contributed by atoms with Gasteiger partial charge in [-0.05, 0) is 50.5 Å². The number of benzene rings is 2. The van der Waals surface area contributed by atoms with Gasteiger partial charge in [0.05, 0.1) is 18.7 Å². The molecule has 3 aromatic rings. The molecular formula is C27H29ClN2O4S. The van der Waals surface area contributed by atoms with E-state index in [9.17, 15) is 14.4 Å². The van der Waals surface area contributed by atoms with Crippen molar-refractivity contribution in [3.05, 3.63) is 70.1 Å². The maximum absolute atomic E-state index is 14.0. The van der Waals surface area contributed by atoms with E-state index in [1.807, 2.05) is 55.6 Å². The number of fused-ring (bicyclic) bond motifs is 1. The topological polar surface area (TPSA) is 66.9 Å². The van der Waals surface area contributed by atoms with E-state index >= 15 is 0 Å². The number of hydrogen-bond donors (Lipinski definition) is 0. The van der Waals surface area contributed by atoms with Gasteiger partial charge in [0, 0.05) is 40.0 Å². The minimum Gasteiger partial charge on any atom is -0.469 e. The molecule has 2 aromatic carbocycles. The minimum absolute atomic E-state index is 0.121. The number of nitrogens with zero attached hydrogens (tertiary/aromatic N) is 2. The number of esters is 1. The van der Waals surface area contributed by atoms with Gasteiger partial charge >= 0.3 is 5.97 Å². The summed E-state index contributed by atoms with van der Waals surface area (Å²) in [6, 6.07) is 15.0. The Morgan fingerprint density at radius 3 is 2.54 bits per heavy atom. The fraction of sp³-hybridized carbons (Fsp3) is 0.370. The predicted octanol–water partition coefficient (Wildman–Crippen LogP) is 5.70. The summed E-state index contributed by atoms with van der Waals surface area (Å²) in [5, 5.41) is 3.41.